The van der Waals surface area contributed by atoms with Crippen molar-refractivity contribution < 1.29 is 14.3 Å². The van der Waals surface area contributed by atoms with Gasteiger partial charge in [0, 0.05) is 12.3 Å². The SMILES string of the molecule is CC1OC(C[C@H]2CC[C@H](C(=O)Cl)CC2)O1. The molecule has 0 N–H and O–H groups in total. The molecule has 86 valence electrons. The van der Waals surface area contributed by atoms with E-state index in [1.165, 1.54) is 0 Å². The number of hydrogen-bond acceptors (Lipinski definition) is 3. The smallest absolute Gasteiger partial charge is 0.224 e. The second kappa shape index (κ2) is 4.81. The maximum absolute atomic E-state index is 11.0. The van der Waals surface area contributed by atoms with Crippen LogP contribution in [0.1, 0.15) is 39.0 Å². The van der Waals surface area contributed by atoms with Crippen LogP contribution >= 0.6 is 11.6 Å². The molecule has 0 bridgehead atoms. The van der Waals surface area contributed by atoms with Gasteiger partial charge in [0.2, 0.25) is 5.24 Å². The summed E-state index contributed by atoms with van der Waals surface area (Å²) in [6.07, 6.45) is 4.92. The van der Waals surface area contributed by atoms with Crippen LogP contribution in [-0.2, 0) is 14.3 Å². The molecule has 15 heavy (non-hydrogen) atoms. The molecule has 1 saturated carbocycles. The lowest BCUT2D eigenvalue weighted by Crippen LogP contribution is -2.40. The summed E-state index contributed by atoms with van der Waals surface area (Å²) in [7, 11) is 0. The summed E-state index contributed by atoms with van der Waals surface area (Å²) < 4.78 is 10.8. The number of carbonyl (C=O) groups excluding carboxylic acids is 1. The Kier molecular flexibility index (Phi) is 3.65. The third-order valence-corrected chi connectivity index (χ3v) is 3.69. The van der Waals surface area contributed by atoms with Crippen LogP contribution in [0.4, 0.5) is 0 Å². The number of carbonyl (C=O) groups is 1. The molecule has 2 rings (SSSR count). The van der Waals surface area contributed by atoms with Gasteiger partial charge in [-0.15, -0.1) is 0 Å². The fraction of sp³-hybridized carbons (Fsp3) is 0.909. The summed E-state index contributed by atoms with van der Waals surface area (Å²) in [6, 6.07) is 0. The highest BCUT2D eigenvalue weighted by atomic mass is 35.5. The highest BCUT2D eigenvalue weighted by Crippen LogP contribution is 2.35. The van der Waals surface area contributed by atoms with Gasteiger partial charge in [0.15, 0.2) is 12.6 Å². The number of halogens is 1. The Morgan fingerprint density at radius 3 is 2.33 bits per heavy atom. The lowest BCUT2D eigenvalue weighted by atomic mass is 9.81. The molecule has 0 atom stereocenters. The zero-order valence-electron chi connectivity index (χ0n) is 8.95. The number of ether oxygens (including phenoxy) is 2. The molecule has 0 aromatic heterocycles. The molecule has 0 spiro atoms. The zero-order valence-corrected chi connectivity index (χ0v) is 9.70. The van der Waals surface area contributed by atoms with Crippen LogP contribution in [0.5, 0.6) is 0 Å². The summed E-state index contributed by atoms with van der Waals surface area (Å²) in [5.41, 5.74) is 0. The van der Waals surface area contributed by atoms with Gasteiger partial charge >= 0.3 is 0 Å². The first kappa shape index (κ1) is 11.4. The lowest BCUT2D eigenvalue weighted by Gasteiger charge is -2.37. The van der Waals surface area contributed by atoms with Gasteiger partial charge in [-0.1, -0.05) is 0 Å². The van der Waals surface area contributed by atoms with E-state index < -0.39 is 0 Å². The molecule has 1 saturated heterocycles. The van der Waals surface area contributed by atoms with Crippen molar-refractivity contribution in [3.8, 4) is 0 Å². The first-order valence-corrected chi connectivity index (χ1v) is 6.03. The minimum atomic E-state index is -0.168. The highest BCUT2D eigenvalue weighted by molar-refractivity contribution is 6.63. The third kappa shape index (κ3) is 2.92. The van der Waals surface area contributed by atoms with Crippen molar-refractivity contribution >= 4 is 16.8 Å². The molecule has 1 aliphatic heterocycles. The van der Waals surface area contributed by atoms with E-state index in [1.54, 1.807) is 0 Å². The number of rotatable bonds is 3. The number of hydrogen-bond donors (Lipinski definition) is 0. The second-order valence-corrected chi connectivity index (χ2v) is 4.90. The summed E-state index contributed by atoms with van der Waals surface area (Å²) in [5.74, 6) is 0.722. The van der Waals surface area contributed by atoms with Crippen LogP contribution in [0.3, 0.4) is 0 Å². The van der Waals surface area contributed by atoms with Crippen molar-refractivity contribution in [2.75, 3.05) is 0 Å². The van der Waals surface area contributed by atoms with Crippen molar-refractivity contribution in [1.29, 1.82) is 0 Å². The van der Waals surface area contributed by atoms with E-state index in [2.05, 4.69) is 0 Å². The molecule has 1 aliphatic carbocycles. The van der Waals surface area contributed by atoms with Crippen LogP contribution in [0, 0.1) is 11.8 Å². The van der Waals surface area contributed by atoms with Crippen LogP contribution in [-0.4, -0.2) is 17.8 Å². The molecular formula is C11H17ClO3. The Morgan fingerprint density at radius 2 is 1.87 bits per heavy atom. The maximum atomic E-state index is 11.0. The van der Waals surface area contributed by atoms with Crippen molar-refractivity contribution in [2.24, 2.45) is 11.8 Å². The molecule has 2 fully saturated rings. The summed E-state index contributed by atoms with van der Waals surface area (Å²) in [6.45, 7) is 1.90. The third-order valence-electron chi connectivity index (χ3n) is 3.38. The standard InChI is InChI=1S/C11H17ClO3/c1-7-14-10(15-7)6-8-2-4-9(5-3-8)11(12)13/h7-10H,2-6H2,1H3/t7?,8-,9-,10?. The fourth-order valence-corrected chi connectivity index (χ4v) is 2.66. The van der Waals surface area contributed by atoms with Gasteiger partial charge in [-0.05, 0) is 50.1 Å². The fourth-order valence-electron chi connectivity index (χ4n) is 2.45. The van der Waals surface area contributed by atoms with Crippen LogP contribution < -0.4 is 0 Å². The van der Waals surface area contributed by atoms with E-state index in [1.807, 2.05) is 6.92 Å². The minimum Gasteiger partial charge on any atom is -0.324 e. The Balaban J connectivity index is 1.67. The van der Waals surface area contributed by atoms with Gasteiger partial charge in [0.25, 0.3) is 0 Å². The lowest BCUT2D eigenvalue weighted by molar-refractivity contribution is -0.380. The topological polar surface area (TPSA) is 35.5 Å². The minimum absolute atomic E-state index is 0.00625. The van der Waals surface area contributed by atoms with E-state index in [0.717, 1.165) is 32.1 Å². The molecule has 2 aliphatic rings. The van der Waals surface area contributed by atoms with Gasteiger partial charge in [-0.2, -0.15) is 0 Å². The average Bonchev–Trinajstić information content (AvgIpc) is 2.16. The first-order chi connectivity index (χ1) is 7.15. The molecule has 0 unspecified atom stereocenters. The molecule has 4 heteroatoms. The Bertz CT molecular complexity index is 230. The second-order valence-electron chi connectivity index (χ2n) is 4.53. The van der Waals surface area contributed by atoms with Gasteiger partial charge < -0.3 is 9.47 Å². The predicted octanol–water partition coefficient (Wildman–Crippen LogP) is 2.67. The largest absolute Gasteiger partial charge is 0.324 e. The Labute approximate surface area is 95.1 Å². The monoisotopic (exact) mass is 232 g/mol. The maximum Gasteiger partial charge on any atom is 0.224 e. The average molecular weight is 233 g/mol. The van der Waals surface area contributed by atoms with Gasteiger partial charge in [0.05, 0.1) is 0 Å². The van der Waals surface area contributed by atoms with Crippen molar-refractivity contribution in [1.82, 2.24) is 0 Å². The van der Waals surface area contributed by atoms with Crippen LogP contribution in [0.2, 0.25) is 0 Å². The van der Waals surface area contributed by atoms with E-state index in [0.29, 0.717) is 5.92 Å². The van der Waals surface area contributed by atoms with E-state index >= 15 is 0 Å². The first-order valence-electron chi connectivity index (χ1n) is 5.65. The molecule has 3 nitrogen and oxygen atoms in total. The molecule has 0 radical (unpaired) electrons. The summed E-state index contributed by atoms with van der Waals surface area (Å²) >= 11 is 5.48. The van der Waals surface area contributed by atoms with E-state index in [-0.39, 0.29) is 23.7 Å². The quantitative estimate of drug-likeness (QED) is 0.702. The molecular weight excluding hydrogens is 216 g/mol. The normalized spacial score (nSPS) is 40.9. The molecule has 1 heterocycles. The van der Waals surface area contributed by atoms with E-state index in [4.69, 9.17) is 21.1 Å². The van der Waals surface area contributed by atoms with Gasteiger partial charge in [0.1, 0.15) is 0 Å². The zero-order chi connectivity index (χ0) is 10.8. The van der Waals surface area contributed by atoms with Crippen molar-refractivity contribution in [3.63, 3.8) is 0 Å². The van der Waals surface area contributed by atoms with Gasteiger partial charge in [-0.25, -0.2) is 0 Å². The Hall–Kier alpha value is -0.120. The highest BCUT2D eigenvalue weighted by Gasteiger charge is 2.32. The summed E-state index contributed by atoms with van der Waals surface area (Å²) in [4.78, 5) is 11.0. The van der Waals surface area contributed by atoms with Crippen molar-refractivity contribution in [2.45, 2.75) is 51.6 Å². The van der Waals surface area contributed by atoms with Crippen molar-refractivity contribution in [3.05, 3.63) is 0 Å². The summed E-state index contributed by atoms with van der Waals surface area (Å²) in [5, 5.41) is -0.168. The molecule has 0 amide bonds. The van der Waals surface area contributed by atoms with Crippen LogP contribution in [0.25, 0.3) is 0 Å². The predicted molar refractivity (Wildman–Crippen MR) is 56.3 cm³/mol. The van der Waals surface area contributed by atoms with E-state index in [9.17, 15) is 4.79 Å². The van der Waals surface area contributed by atoms with Crippen LogP contribution in [0.15, 0.2) is 0 Å². The Morgan fingerprint density at radius 1 is 1.27 bits per heavy atom. The van der Waals surface area contributed by atoms with Gasteiger partial charge in [-0.3, -0.25) is 4.79 Å². The molecule has 0 aromatic carbocycles. The molecule has 0 aromatic rings.